The first-order chi connectivity index (χ1) is 11.5. The molecular weight excluding hydrogens is 326 g/mol. The lowest BCUT2D eigenvalue weighted by atomic mass is 9.84. The second-order valence-electron chi connectivity index (χ2n) is 6.69. The summed E-state index contributed by atoms with van der Waals surface area (Å²) in [5, 5.41) is 0.446. The minimum Gasteiger partial charge on any atom is -0.469 e. The summed E-state index contributed by atoms with van der Waals surface area (Å²) < 4.78 is 4.83. The van der Waals surface area contributed by atoms with Gasteiger partial charge in [-0.1, -0.05) is 50.4 Å². The van der Waals surface area contributed by atoms with Gasteiger partial charge in [0.2, 0.25) is 0 Å². The Morgan fingerprint density at radius 2 is 1.96 bits per heavy atom. The molecule has 3 atom stereocenters. The first-order valence-electron chi connectivity index (χ1n) is 8.59. The maximum Gasteiger partial charge on any atom is 0.310 e. The monoisotopic (exact) mass is 351 g/mol. The Labute approximate surface area is 149 Å². The van der Waals surface area contributed by atoms with Crippen LogP contribution in [0.5, 0.6) is 0 Å². The molecule has 0 saturated heterocycles. The lowest BCUT2D eigenvalue weighted by Crippen LogP contribution is -2.48. The molecule has 0 aliphatic heterocycles. The van der Waals surface area contributed by atoms with Crippen molar-refractivity contribution in [2.75, 3.05) is 13.7 Å². The number of rotatable bonds is 5. The van der Waals surface area contributed by atoms with E-state index in [0.29, 0.717) is 23.0 Å². The maximum atomic E-state index is 13.1. The van der Waals surface area contributed by atoms with E-state index in [4.69, 9.17) is 16.3 Å². The molecular formula is C19H26ClNO3. The molecule has 0 spiro atoms. The van der Waals surface area contributed by atoms with Crippen molar-refractivity contribution in [1.29, 1.82) is 0 Å². The van der Waals surface area contributed by atoms with Crippen molar-refractivity contribution in [1.82, 2.24) is 4.90 Å². The average Bonchev–Trinajstić information content (AvgIpc) is 2.59. The van der Waals surface area contributed by atoms with Crippen LogP contribution >= 0.6 is 11.6 Å². The molecule has 0 aromatic heterocycles. The lowest BCUT2D eigenvalue weighted by molar-refractivity contribution is -0.145. The van der Waals surface area contributed by atoms with Crippen LogP contribution in [0.4, 0.5) is 0 Å². The fourth-order valence-corrected chi connectivity index (χ4v) is 3.71. The second kappa shape index (κ2) is 8.52. The van der Waals surface area contributed by atoms with Crippen molar-refractivity contribution in [2.24, 2.45) is 11.8 Å². The van der Waals surface area contributed by atoms with Crippen LogP contribution in [0.3, 0.4) is 0 Å². The minimum atomic E-state index is -0.365. The number of ether oxygens (including phenoxy) is 1. The molecule has 1 aliphatic carbocycles. The highest BCUT2D eigenvalue weighted by molar-refractivity contribution is 6.33. The van der Waals surface area contributed by atoms with Crippen LogP contribution < -0.4 is 0 Å². The second-order valence-corrected chi connectivity index (χ2v) is 7.10. The molecule has 24 heavy (non-hydrogen) atoms. The normalized spacial score (nSPS) is 21.8. The van der Waals surface area contributed by atoms with E-state index in [1.54, 1.807) is 19.1 Å². The van der Waals surface area contributed by atoms with Crippen molar-refractivity contribution in [3.63, 3.8) is 0 Å². The van der Waals surface area contributed by atoms with E-state index >= 15 is 0 Å². The van der Waals surface area contributed by atoms with E-state index in [9.17, 15) is 9.59 Å². The Balaban J connectivity index is 2.29. The molecule has 1 aromatic carbocycles. The molecule has 0 radical (unpaired) electrons. The summed E-state index contributed by atoms with van der Waals surface area (Å²) in [6, 6.07) is 7.22. The van der Waals surface area contributed by atoms with E-state index in [0.717, 1.165) is 19.3 Å². The number of amides is 1. The van der Waals surface area contributed by atoms with Crippen LogP contribution in [0.25, 0.3) is 0 Å². The minimum absolute atomic E-state index is 0.102. The Morgan fingerprint density at radius 3 is 2.58 bits per heavy atom. The van der Waals surface area contributed by atoms with Crippen molar-refractivity contribution in [2.45, 2.75) is 45.6 Å². The summed E-state index contributed by atoms with van der Waals surface area (Å²) in [5.74, 6) is -0.351. The molecule has 0 N–H and O–H groups in total. The molecule has 0 bridgehead atoms. The van der Waals surface area contributed by atoms with Crippen molar-refractivity contribution >= 4 is 23.5 Å². The highest BCUT2D eigenvalue weighted by atomic mass is 35.5. The Kier molecular flexibility index (Phi) is 6.67. The van der Waals surface area contributed by atoms with Crippen molar-refractivity contribution in [3.8, 4) is 0 Å². The highest BCUT2D eigenvalue weighted by Gasteiger charge is 2.33. The maximum absolute atomic E-state index is 13.1. The first-order valence-corrected chi connectivity index (χ1v) is 8.96. The Bertz CT molecular complexity index is 590. The molecule has 1 fully saturated rings. The number of nitrogens with zero attached hydrogens (tertiary/aromatic N) is 1. The van der Waals surface area contributed by atoms with Crippen LogP contribution in [0.15, 0.2) is 24.3 Å². The molecule has 1 amide bonds. The smallest absolute Gasteiger partial charge is 0.310 e. The number of carbonyl (C=O) groups is 2. The third-order valence-electron chi connectivity index (χ3n) is 4.91. The zero-order valence-corrected chi connectivity index (χ0v) is 15.4. The molecule has 4 nitrogen and oxygen atoms in total. The summed E-state index contributed by atoms with van der Waals surface area (Å²) in [7, 11) is 1.38. The number of methoxy groups -OCH3 is 1. The van der Waals surface area contributed by atoms with Crippen LogP contribution in [0.1, 0.15) is 49.9 Å². The van der Waals surface area contributed by atoms with Gasteiger partial charge in [-0.25, -0.2) is 0 Å². The first kappa shape index (κ1) is 18.8. The number of esters is 1. The van der Waals surface area contributed by atoms with E-state index in [-0.39, 0.29) is 23.8 Å². The zero-order valence-electron chi connectivity index (χ0n) is 14.6. The summed E-state index contributed by atoms with van der Waals surface area (Å²) in [4.78, 5) is 26.8. The topological polar surface area (TPSA) is 46.6 Å². The number of carbonyl (C=O) groups excluding carboxylic acids is 2. The van der Waals surface area contributed by atoms with Crippen LogP contribution in [0.2, 0.25) is 5.02 Å². The Hall–Kier alpha value is -1.55. The van der Waals surface area contributed by atoms with E-state index < -0.39 is 0 Å². The van der Waals surface area contributed by atoms with Gasteiger partial charge in [-0.15, -0.1) is 0 Å². The molecule has 1 aliphatic rings. The lowest BCUT2D eigenvalue weighted by Gasteiger charge is -2.39. The predicted molar refractivity (Wildman–Crippen MR) is 95.1 cm³/mol. The van der Waals surface area contributed by atoms with Gasteiger partial charge in [0.15, 0.2) is 0 Å². The van der Waals surface area contributed by atoms with Crippen molar-refractivity contribution < 1.29 is 14.3 Å². The largest absolute Gasteiger partial charge is 0.469 e. The molecule has 5 heteroatoms. The average molecular weight is 352 g/mol. The van der Waals surface area contributed by atoms with Gasteiger partial charge in [0.25, 0.3) is 5.91 Å². The van der Waals surface area contributed by atoms with E-state index in [2.05, 4.69) is 6.92 Å². The fourth-order valence-electron chi connectivity index (χ4n) is 3.49. The quantitative estimate of drug-likeness (QED) is 0.748. The highest BCUT2D eigenvalue weighted by Crippen LogP contribution is 2.30. The summed E-state index contributed by atoms with van der Waals surface area (Å²) in [6.07, 6.45) is 4.36. The van der Waals surface area contributed by atoms with Gasteiger partial charge in [0, 0.05) is 12.6 Å². The van der Waals surface area contributed by atoms with Gasteiger partial charge < -0.3 is 9.64 Å². The molecule has 1 aromatic rings. The number of hydrogen-bond acceptors (Lipinski definition) is 3. The number of halogens is 1. The molecule has 2 rings (SSSR count). The number of hydrogen-bond donors (Lipinski definition) is 0. The van der Waals surface area contributed by atoms with Gasteiger partial charge >= 0.3 is 5.97 Å². The third-order valence-corrected chi connectivity index (χ3v) is 5.24. The fraction of sp³-hybridized carbons (Fsp3) is 0.579. The summed E-state index contributed by atoms with van der Waals surface area (Å²) >= 11 is 6.23. The standard InChI is InChI=1S/C19H26ClNO3/c1-13-8-4-7-11-17(13)21(12-14(2)19(23)24-3)18(22)15-9-5-6-10-16(15)20/h5-6,9-10,13-14,17H,4,7-8,11-12H2,1-3H3. The summed E-state index contributed by atoms with van der Waals surface area (Å²) in [5.41, 5.74) is 0.494. The molecule has 1 saturated carbocycles. The van der Waals surface area contributed by atoms with Gasteiger partial charge in [0.1, 0.15) is 0 Å². The van der Waals surface area contributed by atoms with E-state index in [1.807, 2.05) is 17.0 Å². The van der Waals surface area contributed by atoms with Crippen LogP contribution in [-0.4, -0.2) is 36.5 Å². The third kappa shape index (κ3) is 4.29. The van der Waals surface area contributed by atoms with Crippen LogP contribution in [-0.2, 0) is 9.53 Å². The number of benzene rings is 1. The van der Waals surface area contributed by atoms with E-state index in [1.165, 1.54) is 13.5 Å². The zero-order chi connectivity index (χ0) is 17.7. The predicted octanol–water partition coefficient (Wildman–Crippen LogP) is 4.17. The molecule has 132 valence electrons. The SMILES string of the molecule is COC(=O)C(C)CN(C(=O)c1ccccc1Cl)C1CCCCC1C. The molecule has 3 unspecified atom stereocenters. The van der Waals surface area contributed by atoms with Gasteiger partial charge in [-0.05, 0) is 30.9 Å². The van der Waals surface area contributed by atoms with Crippen LogP contribution in [0, 0.1) is 11.8 Å². The van der Waals surface area contributed by atoms with Gasteiger partial charge in [-0.3, -0.25) is 9.59 Å². The summed E-state index contributed by atoms with van der Waals surface area (Å²) in [6.45, 7) is 4.33. The van der Waals surface area contributed by atoms with Gasteiger partial charge in [0.05, 0.1) is 23.6 Å². The van der Waals surface area contributed by atoms with Gasteiger partial charge in [-0.2, -0.15) is 0 Å². The molecule has 0 heterocycles. The Morgan fingerprint density at radius 1 is 1.29 bits per heavy atom. The van der Waals surface area contributed by atoms with Crippen molar-refractivity contribution in [3.05, 3.63) is 34.9 Å².